The van der Waals surface area contributed by atoms with Gasteiger partial charge in [-0.1, -0.05) is 0 Å². The lowest BCUT2D eigenvalue weighted by molar-refractivity contribution is -0.160. The predicted molar refractivity (Wildman–Crippen MR) is 310 cm³/mol. The van der Waals surface area contributed by atoms with Crippen molar-refractivity contribution >= 4 is 41.8 Å². The molecule has 4 bridgehead atoms. The van der Waals surface area contributed by atoms with Gasteiger partial charge in [0.15, 0.2) is 0 Å². The van der Waals surface area contributed by atoms with Gasteiger partial charge in [0.2, 0.25) is 11.8 Å². The summed E-state index contributed by atoms with van der Waals surface area (Å²) in [6, 6.07) is 9.69. The van der Waals surface area contributed by atoms with Gasteiger partial charge in [-0.15, -0.1) is 12.4 Å². The van der Waals surface area contributed by atoms with E-state index in [2.05, 4.69) is 35.9 Å². The van der Waals surface area contributed by atoms with Gasteiger partial charge in [0.25, 0.3) is 0 Å². The van der Waals surface area contributed by atoms with E-state index >= 15 is 0 Å². The van der Waals surface area contributed by atoms with Gasteiger partial charge in [-0.05, 0) is 79.4 Å². The van der Waals surface area contributed by atoms with E-state index in [-0.39, 0.29) is 49.8 Å². The minimum absolute atomic E-state index is 0. The first-order valence-corrected chi connectivity index (χ1v) is 28.6. The van der Waals surface area contributed by atoms with Crippen LogP contribution in [0.1, 0.15) is 67.2 Å². The number of carbonyl (C=O) groups is 3. The van der Waals surface area contributed by atoms with Gasteiger partial charge in [-0.3, -0.25) is 0 Å². The van der Waals surface area contributed by atoms with Crippen LogP contribution in [0, 0.1) is 0 Å². The van der Waals surface area contributed by atoms with Gasteiger partial charge in [0.05, 0.1) is 126 Å². The minimum Gasteiger partial charge on any atom is -0.475 e. The molecule has 4 aliphatic heterocycles. The predicted octanol–water partition coefficient (Wildman–Crippen LogP) is 4.16. The molecule has 6 heterocycles. The first-order valence-electron chi connectivity index (χ1n) is 28.6. The average molecular weight is 1210 g/mol. The average Bonchev–Trinajstić information content (AvgIpc) is 2.98. The second-order valence-corrected chi connectivity index (χ2v) is 21.2. The van der Waals surface area contributed by atoms with Gasteiger partial charge in [-0.25, -0.2) is 24.4 Å². The summed E-state index contributed by atoms with van der Waals surface area (Å²) in [7, 11) is 2.32. The molecule has 4 aliphatic rings. The fraction of sp³-hybridized carbons (Fsp3) is 0.772. The third-order valence-electron chi connectivity index (χ3n) is 12.6. The summed E-state index contributed by atoms with van der Waals surface area (Å²) < 4.78 is 80.9. The molecular weight excluding hydrogens is 1110 g/mol. The standard InChI is InChI=1S/C32H53N3O10.C24H39N3O8.CH4O.ClH/c1-31(2,3)44-29(36)24-42-18-17-40-14-13-38-11-12-39-15-16-41-19-20-43-28-21-25(9-10-33-28)35-26-7-8-27(35)23-34(22-26)30(37)45-32(4,5)6;1-29-24(28)19-34-13-12-32-9-8-30-6-7-31-10-11-33-14-15-35-23-16-20(4-5-26-23)27-21-2-3-22(27)18-25-17-21;1-2;/h9-10,21,26-27H,7-8,11-20,22-24H2,1-6H3;4-5,16,21-22,25H,2-3,6-15,17-19H2,1H3;2H,1H3;1H. The third-order valence-corrected chi connectivity index (χ3v) is 12.6. The molecule has 25 nitrogen and oxygen atoms in total. The number of piperazine rings is 2. The first-order chi connectivity index (χ1) is 39.7. The van der Waals surface area contributed by atoms with Gasteiger partial charge in [-0.2, -0.15) is 0 Å². The summed E-state index contributed by atoms with van der Waals surface area (Å²) in [4.78, 5) is 50.4. The number of aliphatic hydroxyl groups is 1. The van der Waals surface area contributed by atoms with E-state index in [9.17, 15) is 14.4 Å². The Labute approximate surface area is 497 Å². The van der Waals surface area contributed by atoms with E-state index in [4.69, 9.17) is 71.4 Å². The van der Waals surface area contributed by atoms with Crippen LogP contribution in [0.2, 0.25) is 0 Å². The summed E-state index contributed by atoms with van der Waals surface area (Å²) in [5, 5.41) is 10.5. The van der Waals surface area contributed by atoms with Crippen LogP contribution in [0.4, 0.5) is 16.2 Å². The molecule has 4 saturated heterocycles. The van der Waals surface area contributed by atoms with Crippen LogP contribution in [-0.4, -0.2) is 259 Å². The van der Waals surface area contributed by atoms with Crippen molar-refractivity contribution in [3.63, 3.8) is 0 Å². The zero-order chi connectivity index (χ0) is 59.3. The van der Waals surface area contributed by atoms with E-state index in [0.717, 1.165) is 38.7 Å². The van der Waals surface area contributed by atoms with Crippen molar-refractivity contribution in [3.8, 4) is 11.8 Å². The van der Waals surface area contributed by atoms with Gasteiger partial charge in [0.1, 0.15) is 37.6 Å². The summed E-state index contributed by atoms with van der Waals surface area (Å²) in [5.41, 5.74) is 1.23. The largest absolute Gasteiger partial charge is 0.475 e. The lowest BCUT2D eigenvalue weighted by atomic mass is 10.1. The van der Waals surface area contributed by atoms with E-state index in [1.807, 2.05) is 70.8 Å². The number of aromatic nitrogens is 2. The van der Waals surface area contributed by atoms with Crippen LogP contribution in [0.25, 0.3) is 0 Å². The molecule has 0 spiro atoms. The molecular formula is C57H97ClN6O19. The highest BCUT2D eigenvalue weighted by Crippen LogP contribution is 2.37. The molecule has 4 atom stereocenters. The molecule has 26 heteroatoms. The van der Waals surface area contributed by atoms with Crippen molar-refractivity contribution < 1.29 is 90.5 Å². The highest BCUT2D eigenvalue weighted by Gasteiger charge is 2.43. The van der Waals surface area contributed by atoms with Crippen LogP contribution in [0.5, 0.6) is 11.8 Å². The molecule has 476 valence electrons. The molecule has 83 heavy (non-hydrogen) atoms. The van der Waals surface area contributed by atoms with Gasteiger partial charge >= 0.3 is 18.0 Å². The van der Waals surface area contributed by atoms with Crippen LogP contribution < -0.4 is 24.6 Å². The number of rotatable bonds is 38. The molecule has 6 rings (SSSR count). The van der Waals surface area contributed by atoms with Crippen molar-refractivity contribution in [2.45, 2.75) is 103 Å². The number of methoxy groups -OCH3 is 1. The number of anilines is 2. The highest BCUT2D eigenvalue weighted by atomic mass is 35.5. The Morgan fingerprint density at radius 3 is 1.18 bits per heavy atom. The fourth-order valence-corrected chi connectivity index (χ4v) is 9.19. The maximum absolute atomic E-state index is 12.6. The third kappa shape index (κ3) is 30.9. The monoisotopic (exact) mass is 1200 g/mol. The Morgan fingerprint density at radius 1 is 0.494 bits per heavy atom. The van der Waals surface area contributed by atoms with Crippen molar-refractivity contribution in [2.24, 2.45) is 0 Å². The van der Waals surface area contributed by atoms with Crippen molar-refractivity contribution in [2.75, 3.05) is 196 Å². The minimum atomic E-state index is -0.515. The van der Waals surface area contributed by atoms with Crippen LogP contribution in [0.15, 0.2) is 36.7 Å². The van der Waals surface area contributed by atoms with Crippen LogP contribution in [-0.2, 0) is 71.2 Å². The van der Waals surface area contributed by atoms with E-state index in [0.29, 0.717) is 169 Å². The first kappa shape index (κ1) is 72.8. The molecule has 2 aromatic rings. The number of likely N-dealkylation sites (tertiary alicyclic amines) is 1. The van der Waals surface area contributed by atoms with Crippen molar-refractivity contribution in [3.05, 3.63) is 36.7 Å². The SMILES string of the molecule is CC(C)(C)OC(=O)COCCOCCOCCOCCOCCOc1cc(N2C3CCC2CN(C(=O)OC(C)(C)C)C3)ccn1.CO.COC(=O)COCCOCCOCCOCCOCCOc1cc(N2C3CCC2CNC3)ccn1.Cl. The van der Waals surface area contributed by atoms with Crippen molar-refractivity contribution in [1.29, 1.82) is 0 Å². The summed E-state index contributed by atoms with van der Waals surface area (Å²) in [6.07, 6.45) is 7.89. The molecule has 0 aromatic carbocycles. The number of nitrogens with zero attached hydrogens (tertiary/aromatic N) is 5. The summed E-state index contributed by atoms with van der Waals surface area (Å²) in [5.74, 6) is 0.397. The number of fused-ring (bicyclic) bond motifs is 4. The fourth-order valence-electron chi connectivity index (χ4n) is 9.19. The summed E-state index contributed by atoms with van der Waals surface area (Å²) in [6.45, 7) is 23.1. The molecule has 1 amide bonds. The Kier molecular flexibility index (Phi) is 37.1. The topological polar surface area (TPSA) is 257 Å². The van der Waals surface area contributed by atoms with Crippen LogP contribution >= 0.6 is 12.4 Å². The molecule has 2 N–H and O–H groups in total. The molecule has 4 fully saturated rings. The lowest BCUT2D eigenvalue weighted by Gasteiger charge is -2.42. The lowest BCUT2D eigenvalue weighted by Crippen LogP contribution is -2.56. The van der Waals surface area contributed by atoms with Crippen molar-refractivity contribution in [1.82, 2.24) is 20.2 Å². The number of pyridine rings is 2. The number of amides is 1. The van der Waals surface area contributed by atoms with Gasteiger partial charge < -0.3 is 96.2 Å². The zero-order valence-corrected chi connectivity index (χ0v) is 51.2. The number of esters is 2. The quantitative estimate of drug-likeness (QED) is 0.0544. The van der Waals surface area contributed by atoms with E-state index in [1.54, 1.807) is 6.20 Å². The molecule has 4 unspecified atom stereocenters. The number of nitrogens with one attached hydrogen (secondary N) is 1. The Morgan fingerprint density at radius 2 is 0.819 bits per heavy atom. The van der Waals surface area contributed by atoms with E-state index < -0.39 is 17.2 Å². The number of hydrogen-bond acceptors (Lipinski definition) is 24. The highest BCUT2D eigenvalue weighted by molar-refractivity contribution is 5.85. The molecule has 0 saturated carbocycles. The number of aliphatic hydroxyl groups excluding tert-OH is 1. The zero-order valence-electron chi connectivity index (χ0n) is 50.4. The second-order valence-electron chi connectivity index (χ2n) is 21.2. The Balaban J connectivity index is 0.000000429. The summed E-state index contributed by atoms with van der Waals surface area (Å²) >= 11 is 0. The smallest absolute Gasteiger partial charge is 0.410 e. The number of carbonyl (C=O) groups excluding carboxylic acids is 3. The van der Waals surface area contributed by atoms with Crippen LogP contribution in [0.3, 0.4) is 0 Å². The number of hydrogen-bond donors (Lipinski definition) is 2. The Hall–Kier alpha value is -4.48. The molecule has 2 aromatic heterocycles. The normalized spacial score (nSPS) is 18.1. The molecule has 0 radical (unpaired) electrons. The van der Waals surface area contributed by atoms with Gasteiger partial charge in [0, 0.05) is 93.4 Å². The maximum atomic E-state index is 12.6. The maximum Gasteiger partial charge on any atom is 0.410 e. The molecule has 0 aliphatic carbocycles. The van der Waals surface area contributed by atoms with E-state index in [1.165, 1.54) is 25.6 Å². The second kappa shape index (κ2) is 42.4. The number of halogens is 1. The number of ether oxygens (including phenoxy) is 15. The Bertz CT molecular complexity index is 2010.